The largest absolute Gasteiger partial charge is 0.340 e. The number of amides is 1. The number of hydrogen-bond acceptors (Lipinski definition) is 4. The number of anilines is 1. The van der Waals surface area contributed by atoms with Gasteiger partial charge in [-0.2, -0.15) is 5.26 Å². The van der Waals surface area contributed by atoms with Crippen LogP contribution in [0.2, 0.25) is 0 Å². The Bertz CT molecular complexity index is 876. The third-order valence-corrected chi connectivity index (χ3v) is 5.60. The van der Waals surface area contributed by atoms with Crippen molar-refractivity contribution in [2.75, 3.05) is 5.32 Å². The Morgan fingerprint density at radius 1 is 1.29 bits per heavy atom. The van der Waals surface area contributed by atoms with Crippen LogP contribution in [0.3, 0.4) is 0 Å². The molecule has 0 aliphatic heterocycles. The molecule has 2 aromatic heterocycles. The lowest BCUT2D eigenvalue weighted by Gasteiger charge is -2.13. The molecular weight excluding hydrogens is 322 g/mol. The minimum atomic E-state index is -0.181. The summed E-state index contributed by atoms with van der Waals surface area (Å²) < 4.78 is 1.80. The van der Waals surface area contributed by atoms with E-state index in [9.17, 15) is 14.9 Å². The molecule has 6 heteroatoms. The lowest BCUT2D eigenvalue weighted by atomic mass is 9.96. The number of hydrogen-bond donors (Lipinski definition) is 1. The maximum absolute atomic E-state index is 12.4. The molecule has 1 N–H and O–H groups in total. The molecule has 1 aliphatic rings. The summed E-state index contributed by atoms with van der Waals surface area (Å²) in [7, 11) is 0. The van der Waals surface area contributed by atoms with Gasteiger partial charge in [0.15, 0.2) is 5.43 Å². The van der Waals surface area contributed by atoms with E-state index in [-0.39, 0.29) is 17.9 Å². The van der Waals surface area contributed by atoms with Gasteiger partial charge in [0.25, 0.3) is 0 Å². The highest BCUT2D eigenvalue weighted by atomic mass is 32.1. The van der Waals surface area contributed by atoms with E-state index in [2.05, 4.69) is 11.4 Å². The van der Waals surface area contributed by atoms with Crippen molar-refractivity contribution in [1.29, 1.82) is 5.26 Å². The average Bonchev–Trinajstić information content (AvgIpc) is 2.87. The van der Waals surface area contributed by atoms with E-state index in [1.54, 1.807) is 4.57 Å². The summed E-state index contributed by atoms with van der Waals surface area (Å²) >= 11 is 1.52. The molecule has 2 heterocycles. The van der Waals surface area contributed by atoms with Gasteiger partial charge in [0.1, 0.15) is 17.6 Å². The number of nitriles is 1. The standard InChI is InChI=1S/C18H19N3O2S/c1-11-7-13(22)8-12(2)21(11)10-17(23)20-18-15(9-19)14-5-3-4-6-16(14)24-18/h7-8H,3-6,10H2,1-2H3,(H,20,23). The molecule has 0 saturated heterocycles. The van der Waals surface area contributed by atoms with Crippen molar-refractivity contribution in [3.63, 3.8) is 0 Å². The first-order chi connectivity index (χ1) is 11.5. The van der Waals surface area contributed by atoms with E-state index in [1.165, 1.54) is 28.3 Å². The highest BCUT2D eigenvalue weighted by Gasteiger charge is 2.22. The maximum atomic E-state index is 12.4. The van der Waals surface area contributed by atoms with Crippen LogP contribution in [0.25, 0.3) is 0 Å². The van der Waals surface area contributed by atoms with Crippen molar-refractivity contribution in [2.24, 2.45) is 0 Å². The fourth-order valence-corrected chi connectivity index (χ4v) is 4.47. The highest BCUT2D eigenvalue weighted by molar-refractivity contribution is 7.16. The molecule has 0 fully saturated rings. The van der Waals surface area contributed by atoms with Crippen LogP contribution in [0.15, 0.2) is 16.9 Å². The molecule has 24 heavy (non-hydrogen) atoms. The third kappa shape index (κ3) is 3.13. The van der Waals surface area contributed by atoms with Crippen molar-refractivity contribution in [2.45, 2.75) is 46.1 Å². The Morgan fingerprint density at radius 3 is 2.62 bits per heavy atom. The second-order valence-electron chi connectivity index (χ2n) is 6.13. The summed E-state index contributed by atoms with van der Waals surface area (Å²) in [6.07, 6.45) is 4.15. The Labute approximate surface area is 144 Å². The van der Waals surface area contributed by atoms with E-state index < -0.39 is 0 Å². The number of carbonyl (C=O) groups excluding carboxylic acids is 1. The SMILES string of the molecule is Cc1cc(=O)cc(C)n1CC(=O)Nc1sc2c(c1C#N)CCCC2. The van der Waals surface area contributed by atoms with Gasteiger partial charge in [-0.15, -0.1) is 11.3 Å². The number of aryl methyl sites for hydroxylation is 3. The van der Waals surface area contributed by atoms with Crippen LogP contribution in [0.4, 0.5) is 5.00 Å². The van der Waals surface area contributed by atoms with Gasteiger partial charge >= 0.3 is 0 Å². The smallest absolute Gasteiger partial charge is 0.244 e. The number of carbonyl (C=O) groups is 1. The molecule has 0 unspecified atom stereocenters. The van der Waals surface area contributed by atoms with Crippen molar-refractivity contribution >= 4 is 22.2 Å². The second-order valence-corrected chi connectivity index (χ2v) is 7.24. The summed E-state index contributed by atoms with van der Waals surface area (Å²) in [6.45, 7) is 3.75. The molecule has 1 aliphatic carbocycles. The molecule has 5 nitrogen and oxygen atoms in total. The number of nitrogens with zero attached hydrogens (tertiary/aromatic N) is 2. The number of rotatable bonds is 3. The normalized spacial score (nSPS) is 13.2. The predicted octanol–water partition coefficient (Wildman–Crippen LogP) is 2.92. The Morgan fingerprint density at radius 2 is 1.96 bits per heavy atom. The molecule has 0 aromatic carbocycles. The zero-order valence-corrected chi connectivity index (χ0v) is 14.6. The molecule has 0 radical (unpaired) electrons. The number of fused-ring (bicyclic) bond motifs is 1. The summed E-state index contributed by atoms with van der Waals surface area (Å²) in [5.41, 5.74) is 3.18. The van der Waals surface area contributed by atoms with Gasteiger partial charge in [0, 0.05) is 28.4 Å². The van der Waals surface area contributed by atoms with Gasteiger partial charge in [-0.25, -0.2) is 0 Å². The molecule has 0 spiro atoms. The molecule has 3 rings (SSSR count). The van der Waals surface area contributed by atoms with E-state index in [1.807, 2.05) is 13.8 Å². The van der Waals surface area contributed by atoms with E-state index in [4.69, 9.17) is 0 Å². The average molecular weight is 341 g/mol. The predicted molar refractivity (Wildman–Crippen MR) is 94.5 cm³/mol. The van der Waals surface area contributed by atoms with Crippen LogP contribution < -0.4 is 10.7 Å². The fraction of sp³-hybridized carbons (Fsp3) is 0.389. The van der Waals surface area contributed by atoms with Gasteiger partial charge in [0.2, 0.25) is 5.91 Å². The molecule has 1 amide bonds. The fourth-order valence-electron chi connectivity index (χ4n) is 3.22. The van der Waals surface area contributed by atoms with Gasteiger partial charge in [-0.1, -0.05) is 0 Å². The Kier molecular flexibility index (Phi) is 4.54. The Hall–Kier alpha value is -2.39. The molecule has 124 valence electrons. The number of aromatic nitrogens is 1. The quantitative estimate of drug-likeness (QED) is 0.933. The van der Waals surface area contributed by atoms with E-state index in [0.717, 1.165) is 42.6 Å². The van der Waals surface area contributed by atoms with Gasteiger partial charge in [0.05, 0.1) is 5.56 Å². The number of thiophene rings is 1. The van der Waals surface area contributed by atoms with Gasteiger partial charge in [-0.05, 0) is 45.1 Å². The molecular formula is C18H19N3O2S. The lowest BCUT2D eigenvalue weighted by molar-refractivity contribution is -0.116. The lowest BCUT2D eigenvalue weighted by Crippen LogP contribution is -2.23. The van der Waals surface area contributed by atoms with Crippen LogP contribution in [0.1, 0.15) is 40.2 Å². The first-order valence-corrected chi connectivity index (χ1v) is 8.84. The highest BCUT2D eigenvalue weighted by Crippen LogP contribution is 2.37. The zero-order chi connectivity index (χ0) is 17.3. The summed E-state index contributed by atoms with van der Waals surface area (Å²) in [6, 6.07) is 5.29. The molecule has 0 atom stereocenters. The van der Waals surface area contributed by atoms with Crippen LogP contribution in [0.5, 0.6) is 0 Å². The van der Waals surface area contributed by atoms with E-state index >= 15 is 0 Å². The second kappa shape index (κ2) is 6.62. The Balaban J connectivity index is 1.83. The van der Waals surface area contributed by atoms with Crippen molar-refractivity contribution in [3.8, 4) is 6.07 Å². The minimum absolute atomic E-state index is 0.0562. The monoisotopic (exact) mass is 341 g/mol. The van der Waals surface area contributed by atoms with Crippen LogP contribution in [-0.2, 0) is 24.2 Å². The molecule has 2 aromatic rings. The first-order valence-electron chi connectivity index (χ1n) is 8.02. The first kappa shape index (κ1) is 16.5. The molecule has 0 saturated carbocycles. The van der Waals surface area contributed by atoms with Crippen molar-refractivity contribution in [1.82, 2.24) is 4.57 Å². The minimum Gasteiger partial charge on any atom is -0.340 e. The summed E-state index contributed by atoms with van der Waals surface area (Å²) in [4.78, 5) is 25.2. The van der Waals surface area contributed by atoms with Crippen LogP contribution >= 0.6 is 11.3 Å². The molecule has 0 bridgehead atoms. The number of pyridine rings is 1. The van der Waals surface area contributed by atoms with Crippen LogP contribution in [-0.4, -0.2) is 10.5 Å². The summed E-state index contributed by atoms with van der Waals surface area (Å²) in [5.74, 6) is -0.181. The van der Waals surface area contributed by atoms with Gasteiger partial charge < -0.3 is 9.88 Å². The van der Waals surface area contributed by atoms with Crippen molar-refractivity contribution in [3.05, 3.63) is 49.7 Å². The van der Waals surface area contributed by atoms with Crippen LogP contribution in [0, 0.1) is 25.2 Å². The van der Waals surface area contributed by atoms with E-state index in [0.29, 0.717) is 10.6 Å². The maximum Gasteiger partial charge on any atom is 0.244 e. The topological polar surface area (TPSA) is 74.9 Å². The summed E-state index contributed by atoms with van der Waals surface area (Å²) in [5, 5.41) is 13.0. The zero-order valence-electron chi connectivity index (χ0n) is 13.8. The van der Waals surface area contributed by atoms with Crippen molar-refractivity contribution < 1.29 is 4.79 Å². The third-order valence-electron chi connectivity index (χ3n) is 4.39. The number of nitrogens with one attached hydrogen (secondary N) is 1. The van der Waals surface area contributed by atoms with Gasteiger partial charge in [-0.3, -0.25) is 9.59 Å².